The van der Waals surface area contributed by atoms with Crippen molar-refractivity contribution in [3.63, 3.8) is 0 Å². The highest BCUT2D eigenvalue weighted by atomic mass is 32.2. The van der Waals surface area contributed by atoms with Gasteiger partial charge in [-0.05, 0) is 68.7 Å². The van der Waals surface area contributed by atoms with E-state index in [1.54, 1.807) is 18.7 Å². The van der Waals surface area contributed by atoms with Crippen LogP contribution in [0.25, 0.3) is 10.9 Å². The van der Waals surface area contributed by atoms with Gasteiger partial charge in [-0.3, -0.25) is 9.52 Å². The molecule has 2 heterocycles. The summed E-state index contributed by atoms with van der Waals surface area (Å²) in [6.07, 6.45) is -2.43. The molecule has 0 spiro atoms. The first-order chi connectivity index (χ1) is 18.2. The summed E-state index contributed by atoms with van der Waals surface area (Å²) >= 11 is 0. The minimum atomic E-state index is -4.68. The summed E-state index contributed by atoms with van der Waals surface area (Å²) in [6, 6.07) is 6.33. The van der Waals surface area contributed by atoms with Crippen LogP contribution in [-0.2, 0) is 16.2 Å². The largest absolute Gasteiger partial charge is 0.433 e. The number of carbonyl (C=O) groups is 1. The van der Waals surface area contributed by atoms with Gasteiger partial charge in [-0.2, -0.15) is 13.2 Å². The van der Waals surface area contributed by atoms with Crippen molar-refractivity contribution < 1.29 is 35.9 Å². The molecule has 0 bridgehead atoms. The number of fused-ring (bicyclic) bond motifs is 1. The molecule has 0 radical (unpaired) electrons. The predicted molar refractivity (Wildman–Crippen MR) is 140 cm³/mol. The van der Waals surface area contributed by atoms with Crippen LogP contribution in [0.1, 0.15) is 53.0 Å². The van der Waals surface area contributed by atoms with Gasteiger partial charge in [-0.15, -0.1) is 0 Å². The van der Waals surface area contributed by atoms with E-state index in [1.165, 1.54) is 24.3 Å². The van der Waals surface area contributed by atoms with Crippen molar-refractivity contribution in [3.8, 4) is 0 Å². The number of benzene rings is 2. The number of aryl methyl sites for hydroxylation is 1. The summed E-state index contributed by atoms with van der Waals surface area (Å²) in [5.41, 5.74) is -0.0212. The Kier molecular flexibility index (Phi) is 7.77. The van der Waals surface area contributed by atoms with Crippen LogP contribution in [-0.4, -0.2) is 49.9 Å². The number of alkyl halides is 3. The van der Waals surface area contributed by atoms with E-state index >= 15 is 0 Å². The molecule has 1 amide bonds. The number of amides is 1. The minimum Gasteiger partial charge on any atom is -0.394 e. The molecule has 2 aromatic carbocycles. The number of nitrogens with zero attached hydrogens (tertiary/aromatic N) is 2. The summed E-state index contributed by atoms with van der Waals surface area (Å²) in [5.74, 6) is -1.32. The second-order valence-electron chi connectivity index (χ2n) is 9.69. The van der Waals surface area contributed by atoms with Crippen molar-refractivity contribution in [2.45, 2.75) is 44.9 Å². The molecule has 8 nitrogen and oxygen atoms in total. The molecule has 0 aliphatic carbocycles. The van der Waals surface area contributed by atoms with Gasteiger partial charge in [0.1, 0.15) is 11.5 Å². The van der Waals surface area contributed by atoms with Gasteiger partial charge in [0.25, 0.3) is 5.91 Å². The zero-order valence-electron chi connectivity index (χ0n) is 21.4. The third-order valence-electron chi connectivity index (χ3n) is 6.69. The second kappa shape index (κ2) is 10.6. The van der Waals surface area contributed by atoms with E-state index in [2.05, 4.69) is 15.0 Å². The third-order valence-corrected chi connectivity index (χ3v) is 7.28. The van der Waals surface area contributed by atoms with Crippen molar-refractivity contribution in [1.29, 1.82) is 0 Å². The predicted octanol–water partition coefficient (Wildman–Crippen LogP) is 4.52. The number of aliphatic hydroxyl groups is 1. The number of hydrogen-bond acceptors (Lipinski definition) is 6. The zero-order valence-corrected chi connectivity index (χ0v) is 22.3. The Morgan fingerprint density at radius 1 is 1.23 bits per heavy atom. The van der Waals surface area contributed by atoms with Crippen molar-refractivity contribution >= 4 is 38.2 Å². The normalized spacial score (nSPS) is 16.9. The first kappa shape index (κ1) is 28.6. The van der Waals surface area contributed by atoms with Crippen LogP contribution in [0, 0.1) is 12.7 Å². The summed E-state index contributed by atoms with van der Waals surface area (Å²) in [4.78, 5) is 18.6. The summed E-state index contributed by atoms with van der Waals surface area (Å²) in [6.45, 7) is 3.36. The maximum atomic E-state index is 14.8. The van der Waals surface area contributed by atoms with Gasteiger partial charge < -0.3 is 15.3 Å². The van der Waals surface area contributed by atoms with Crippen LogP contribution < -0.4 is 14.9 Å². The molecular weight excluding hydrogens is 540 g/mol. The molecule has 1 aliphatic heterocycles. The Morgan fingerprint density at radius 2 is 1.95 bits per heavy atom. The molecular formula is C26H28F4N4O4S. The van der Waals surface area contributed by atoms with Crippen LogP contribution in [0.3, 0.4) is 0 Å². The van der Waals surface area contributed by atoms with Crippen LogP contribution in [0.4, 0.5) is 28.9 Å². The molecule has 210 valence electrons. The van der Waals surface area contributed by atoms with Crippen LogP contribution in [0.15, 0.2) is 36.4 Å². The van der Waals surface area contributed by atoms with Gasteiger partial charge in [0.05, 0.1) is 36.2 Å². The van der Waals surface area contributed by atoms with Gasteiger partial charge in [-0.1, -0.05) is 0 Å². The van der Waals surface area contributed by atoms with Crippen molar-refractivity contribution in [2.24, 2.45) is 0 Å². The first-order valence-corrected chi connectivity index (χ1v) is 14.0. The zero-order chi connectivity index (χ0) is 28.7. The summed E-state index contributed by atoms with van der Waals surface area (Å²) < 4.78 is 80.9. The lowest BCUT2D eigenvalue weighted by Crippen LogP contribution is -2.32. The van der Waals surface area contributed by atoms with E-state index in [1.807, 2.05) is 0 Å². The molecule has 39 heavy (non-hydrogen) atoms. The number of hydrogen-bond donors (Lipinski definition) is 3. The molecule has 4 rings (SSSR count). The van der Waals surface area contributed by atoms with Crippen LogP contribution >= 0.6 is 0 Å². The van der Waals surface area contributed by atoms with Gasteiger partial charge in [0, 0.05) is 28.7 Å². The fraction of sp³-hybridized carbons (Fsp3) is 0.385. The number of anilines is 2. The number of aliphatic hydroxyl groups excluding tert-OH is 1. The number of sulfonamides is 1. The SMILES string of the molecule is Cc1cc([C@@H](C)NC(=O)c2ccc3nc(C(F)(F)F)cc(N4CCC[C@H]4CO)c3c2)c(F)cc1NS(C)(=O)=O. The minimum absolute atomic E-state index is 0.0450. The highest BCUT2D eigenvalue weighted by Gasteiger charge is 2.35. The van der Waals surface area contributed by atoms with Crippen LogP contribution in [0.5, 0.6) is 0 Å². The molecule has 1 aliphatic rings. The Bertz CT molecular complexity index is 1530. The fourth-order valence-corrected chi connectivity index (χ4v) is 5.40. The molecule has 3 N–H and O–H groups in total. The smallest absolute Gasteiger partial charge is 0.394 e. The van der Waals surface area contributed by atoms with Crippen LogP contribution in [0.2, 0.25) is 0 Å². The van der Waals surface area contributed by atoms with Crippen molar-refractivity contribution in [2.75, 3.05) is 29.0 Å². The number of carbonyl (C=O) groups excluding carboxylic acids is 1. The molecule has 13 heteroatoms. The van der Waals surface area contributed by atoms with E-state index in [9.17, 15) is 35.9 Å². The van der Waals surface area contributed by atoms with Gasteiger partial charge in [0.2, 0.25) is 10.0 Å². The van der Waals surface area contributed by atoms with E-state index in [4.69, 9.17) is 0 Å². The standard InChI is InChI=1S/C26H28F4N4O4S/c1-14-9-18(20(27)11-22(14)33-39(3,37)38)15(2)31-25(36)16-6-7-21-19(10-16)23(12-24(32-21)26(28,29)30)34-8-4-5-17(34)13-35/h6-7,9-12,15,17,33,35H,4-5,8,13H2,1-3H3,(H,31,36)/t15-,17+/m1/s1. The maximum absolute atomic E-state index is 14.8. The monoisotopic (exact) mass is 568 g/mol. The Labute approximate surface area is 223 Å². The highest BCUT2D eigenvalue weighted by Crippen LogP contribution is 2.37. The van der Waals surface area contributed by atoms with Gasteiger partial charge in [-0.25, -0.2) is 17.8 Å². The maximum Gasteiger partial charge on any atom is 0.433 e. The molecule has 1 aromatic heterocycles. The van der Waals surface area contributed by atoms with Gasteiger partial charge in [0.15, 0.2) is 0 Å². The Morgan fingerprint density at radius 3 is 2.59 bits per heavy atom. The lowest BCUT2D eigenvalue weighted by Gasteiger charge is -2.27. The second-order valence-corrected chi connectivity index (χ2v) is 11.4. The number of pyridine rings is 1. The van der Waals surface area contributed by atoms with Crippen molar-refractivity contribution in [3.05, 3.63) is 64.6 Å². The van der Waals surface area contributed by atoms with Gasteiger partial charge >= 0.3 is 6.18 Å². The molecule has 0 unspecified atom stereocenters. The summed E-state index contributed by atoms with van der Waals surface area (Å²) in [7, 11) is -3.62. The van der Waals surface area contributed by atoms with E-state index in [0.717, 1.165) is 18.4 Å². The van der Waals surface area contributed by atoms with Crippen molar-refractivity contribution in [1.82, 2.24) is 10.3 Å². The van der Waals surface area contributed by atoms with E-state index in [-0.39, 0.29) is 40.7 Å². The molecule has 3 aromatic rings. The molecule has 2 atom stereocenters. The molecule has 0 saturated carbocycles. The summed E-state index contributed by atoms with van der Waals surface area (Å²) in [5, 5.41) is 12.8. The Hall–Kier alpha value is -3.45. The van der Waals surface area contributed by atoms with E-state index in [0.29, 0.717) is 30.3 Å². The average molecular weight is 569 g/mol. The molecule has 1 saturated heterocycles. The number of aromatic nitrogens is 1. The number of nitrogens with one attached hydrogen (secondary N) is 2. The quantitative estimate of drug-likeness (QED) is 0.362. The number of halogens is 4. The topological polar surface area (TPSA) is 112 Å². The lowest BCUT2D eigenvalue weighted by molar-refractivity contribution is -0.140. The number of rotatable bonds is 7. The fourth-order valence-electron chi connectivity index (χ4n) is 4.78. The average Bonchev–Trinajstić information content (AvgIpc) is 3.32. The van der Waals surface area contributed by atoms with E-state index < -0.39 is 39.7 Å². The Balaban J connectivity index is 1.67. The highest BCUT2D eigenvalue weighted by molar-refractivity contribution is 7.92. The third kappa shape index (κ3) is 6.25. The molecule has 1 fully saturated rings. The first-order valence-electron chi connectivity index (χ1n) is 12.2. The lowest BCUT2D eigenvalue weighted by atomic mass is 10.0.